The monoisotopic (exact) mass is 284 g/mol. The maximum absolute atomic E-state index is 11.6. The molecule has 0 aliphatic carbocycles. The molecule has 4 nitrogen and oxygen atoms in total. The molecule has 0 aromatic rings. The van der Waals surface area contributed by atoms with Crippen LogP contribution in [0.25, 0.3) is 0 Å². The SMILES string of the molecule is CCCCCCCCNC1CCN(C(=O)OCC)CC1. The number of amides is 1. The average molecular weight is 284 g/mol. The number of piperidine rings is 1. The summed E-state index contributed by atoms with van der Waals surface area (Å²) in [4.78, 5) is 13.4. The lowest BCUT2D eigenvalue weighted by Gasteiger charge is -2.31. The van der Waals surface area contributed by atoms with E-state index >= 15 is 0 Å². The van der Waals surface area contributed by atoms with Gasteiger partial charge >= 0.3 is 6.09 Å². The van der Waals surface area contributed by atoms with Crippen molar-refractivity contribution in [2.75, 3.05) is 26.2 Å². The largest absolute Gasteiger partial charge is 0.450 e. The van der Waals surface area contributed by atoms with Crippen LogP contribution in [0.4, 0.5) is 4.79 Å². The van der Waals surface area contributed by atoms with E-state index < -0.39 is 0 Å². The number of hydrogen-bond donors (Lipinski definition) is 1. The second kappa shape index (κ2) is 11.0. The van der Waals surface area contributed by atoms with Crippen molar-refractivity contribution in [3.05, 3.63) is 0 Å². The molecule has 1 rings (SSSR count). The summed E-state index contributed by atoms with van der Waals surface area (Å²) in [5, 5.41) is 3.63. The van der Waals surface area contributed by atoms with Gasteiger partial charge in [-0.25, -0.2) is 4.79 Å². The number of nitrogens with one attached hydrogen (secondary N) is 1. The summed E-state index contributed by atoms with van der Waals surface area (Å²) in [5.41, 5.74) is 0. The maximum Gasteiger partial charge on any atom is 0.409 e. The Balaban J connectivity index is 1.98. The van der Waals surface area contributed by atoms with E-state index in [0.717, 1.165) is 32.5 Å². The van der Waals surface area contributed by atoms with Crippen molar-refractivity contribution in [3.8, 4) is 0 Å². The van der Waals surface area contributed by atoms with E-state index in [1.165, 1.54) is 38.5 Å². The summed E-state index contributed by atoms with van der Waals surface area (Å²) in [6.07, 6.45) is 10.0. The van der Waals surface area contributed by atoms with Crippen LogP contribution in [0.2, 0.25) is 0 Å². The van der Waals surface area contributed by atoms with Crippen LogP contribution >= 0.6 is 0 Å². The van der Waals surface area contributed by atoms with Gasteiger partial charge in [-0.05, 0) is 32.7 Å². The highest BCUT2D eigenvalue weighted by molar-refractivity contribution is 5.67. The first kappa shape index (κ1) is 17.3. The topological polar surface area (TPSA) is 41.6 Å². The molecule has 0 bridgehead atoms. The molecule has 1 N–H and O–H groups in total. The number of nitrogens with zero attached hydrogens (tertiary/aromatic N) is 1. The fraction of sp³-hybridized carbons (Fsp3) is 0.938. The number of rotatable bonds is 9. The van der Waals surface area contributed by atoms with E-state index in [9.17, 15) is 4.79 Å². The van der Waals surface area contributed by atoms with Crippen LogP contribution in [0, 0.1) is 0 Å². The van der Waals surface area contributed by atoms with Gasteiger partial charge in [-0.15, -0.1) is 0 Å². The molecule has 0 spiro atoms. The molecule has 1 heterocycles. The number of hydrogen-bond acceptors (Lipinski definition) is 3. The van der Waals surface area contributed by atoms with Gasteiger partial charge in [-0.2, -0.15) is 0 Å². The number of ether oxygens (including phenoxy) is 1. The molecule has 1 aliphatic rings. The van der Waals surface area contributed by atoms with Crippen molar-refractivity contribution in [2.45, 2.75) is 71.3 Å². The quantitative estimate of drug-likeness (QED) is 0.658. The van der Waals surface area contributed by atoms with Gasteiger partial charge < -0.3 is 15.0 Å². The lowest BCUT2D eigenvalue weighted by molar-refractivity contribution is 0.0951. The predicted molar refractivity (Wildman–Crippen MR) is 83.0 cm³/mol. The van der Waals surface area contributed by atoms with Gasteiger partial charge in [0.15, 0.2) is 0 Å². The zero-order chi connectivity index (χ0) is 14.6. The van der Waals surface area contributed by atoms with Gasteiger partial charge in [0.2, 0.25) is 0 Å². The molecule has 1 amide bonds. The molecule has 4 heteroatoms. The molecular weight excluding hydrogens is 252 g/mol. The Morgan fingerprint density at radius 2 is 1.75 bits per heavy atom. The molecular formula is C16H32N2O2. The second-order valence-electron chi connectivity index (χ2n) is 5.68. The summed E-state index contributed by atoms with van der Waals surface area (Å²) in [6.45, 7) is 7.35. The van der Waals surface area contributed by atoms with Gasteiger partial charge in [0.25, 0.3) is 0 Å². The minimum atomic E-state index is -0.151. The molecule has 0 radical (unpaired) electrons. The van der Waals surface area contributed by atoms with Crippen LogP contribution < -0.4 is 5.32 Å². The standard InChI is InChI=1S/C16H32N2O2/c1-3-5-6-7-8-9-12-17-15-10-13-18(14-11-15)16(19)20-4-2/h15,17H,3-14H2,1-2H3. The summed E-state index contributed by atoms with van der Waals surface area (Å²) >= 11 is 0. The lowest BCUT2D eigenvalue weighted by atomic mass is 10.0. The van der Waals surface area contributed by atoms with Gasteiger partial charge in [-0.1, -0.05) is 39.0 Å². The van der Waals surface area contributed by atoms with Crippen LogP contribution in [0.5, 0.6) is 0 Å². The molecule has 20 heavy (non-hydrogen) atoms. The highest BCUT2D eigenvalue weighted by Crippen LogP contribution is 2.12. The summed E-state index contributed by atoms with van der Waals surface area (Å²) in [7, 11) is 0. The number of carbonyl (C=O) groups excluding carboxylic acids is 1. The first-order chi connectivity index (χ1) is 9.77. The Hall–Kier alpha value is -0.770. The fourth-order valence-electron chi connectivity index (χ4n) is 2.69. The number of likely N-dealkylation sites (tertiary alicyclic amines) is 1. The predicted octanol–water partition coefficient (Wildman–Crippen LogP) is 3.56. The Labute approximate surface area is 124 Å². The minimum Gasteiger partial charge on any atom is -0.450 e. The number of unbranched alkanes of at least 4 members (excludes halogenated alkanes) is 5. The third kappa shape index (κ3) is 7.13. The molecule has 0 aromatic heterocycles. The van der Waals surface area contributed by atoms with Crippen molar-refractivity contribution in [1.82, 2.24) is 10.2 Å². The summed E-state index contributed by atoms with van der Waals surface area (Å²) < 4.78 is 5.03. The molecule has 0 saturated carbocycles. The molecule has 1 saturated heterocycles. The third-order valence-corrected chi connectivity index (χ3v) is 3.98. The zero-order valence-electron chi connectivity index (χ0n) is 13.3. The van der Waals surface area contributed by atoms with E-state index in [1.54, 1.807) is 0 Å². The van der Waals surface area contributed by atoms with Crippen molar-refractivity contribution >= 4 is 6.09 Å². The number of carbonyl (C=O) groups is 1. The lowest BCUT2D eigenvalue weighted by Crippen LogP contribution is -2.45. The van der Waals surface area contributed by atoms with Crippen LogP contribution in [0.15, 0.2) is 0 Å². The van der Waals surface area contributed by atoms with E-state index in [0.29, 0.717) is 12.6 Å². The Morgan fingerprint density at radius 3 is 2.40 bits per heavy atom. The van der Waals surface area contributed by atoms with E-state index in [1.807, 2.05) is 11.8 Å². The second-order valence-corrected chi connectivity index (χ2v) is 5.68. The van der Waals surface area contributed by atoms with Crippen LogP contribution in [0.1, 0.15) is 65.2 Å². The highest BCUT2D eigenvalue weighted by Gasteiger charge is 2.22. The van der Waals surface area contributed by atoms with E-state index in [4.69, 9.17) is 4.74 Å². The van der Waals surface area contributed by atoms with Crippen molar-refractivity contribution in [1.29, 1.82) is 0 Å². The molecule has 0 atom stereocenters. The Morgan fingerprint density at radius 1 is 1.10 bits per heavy atom. The van der Waals surface area contributed by atoms with Crippen LogP contribution in [0.3, 0.4) is 0 Å². The first-order valence-corrected chi connectivity index (χ1v) is 8.43. The normalized spacial score (nSPS) is 16.4. The van der Waals surface area contributed by atoms with E-state index in [-0.39, 0.29) is 6.09 Å². The van der Waals surface area contributed by atoms with Gasteiger partial charge in [-0.3, -0.25) is 0 Å². The smallest absolute Gasteiger partial charge is 0.409 e. The van der Waals surface area contributed by atoms with Gasteiger partial charge in [0, 0.05) is 19.1 Å². The average Bonchev–Trinajstić information content (AvgIpc) is 2.47. The minimum absolute atomic E-state index is 0.151. The van der Waals surface area contributed by atoms with Crippen LogP contribution in [-0.4, -0.2) is 43.3 Å². The molecule has 118 valence electrons. The molecule has 0 aromatic carbocycles. The summed E-state index contributed by atoms with van der Waals surface area (Å²) in [6, 6.07) is 0.580. The van der Waals surface area contributed by atoms with Crippen molar-refractivity contribution in [3.63, 3.8) is 0 Å². The third-order valence-electron chi connectivity index (χ3n) is 3.98. The zero-order valence-corrected chi connectivity index (χ0v) is 13.3. The Kier molecular flexibility index (Phi) is 9.46. The maximum atomic E-state index is 11.6. The molecule has 1 aliphatic heterocycles. The summed E-state index contributed by atoms with van der Waals surface area (Å²) in [5.74, 6) is 0. The van der Waals surface area contributed by atoms with Gasteiger partial charge in [0.1, 0.15) is 0 Å². The first-order valence-electron chi connectivity index (χ1n) is 8.43. The molecule has 1 fully saturated rings. The fourth-order valence-corrected chi connectivity index (χ4v) is 2.69. The van der Waals surface area contributed by atoms with Crippen molar-refractivity contribution < 1.29 is 9.53 Å². The van der Waals surface area contributed by atoms with E-state index in [2.05, 4.69) is 12.2 Å². The van der Waals surface area contributed by atoms with Crippen molar-refractivity contribution in [2.24, 2.45) is 0 Å². The van der Waals surface area contributed by atoms with Crippen LogP contribution in [-0.2, 0) is 4.74 Å². The highest BCUT2D eigenvalue weighted by atomic mass is 16.6. The Bertz CT molecular complexity index is 251. The van der Waals surface area contributed by atoms with Gasteiger partial charge in [0.05, 0.1) is 6.61 Å². The molecule has 0 unspecified atom stereocenters.